The van der Waals surface area contributed by atoms with Crippen LogP contribution in [0.4, 0.5) is 10.1 Å². The Morgan fingerprint density at radius 1 is 1.03 bits per heavy atom. The van der Waals surface area contributed by atoms with Crippen molar-refractivity contribution >= 4 is 32.5 Å². The van der Waals surface area contributed by atoms with Gasteiger partial charge < -0.3 is 10.3 Å². The molecule has 0 fully saturated rings. The van der Waals surface area contributed by atoms with Gasteiger partial charge >= 0.3 is 0 Å². The molecule has 2 aromatic carbocycles. The number of hydrogen-bond donors (Lipinski definition) is 3. The third-order valence-electron chi connectivity index (χ3n) is 5.02. The monoisotopic (exact) mass is 466 g/mol. The zero-order valence-corrected chi connectivity index (χ0v) is 18.2. The first kappa shape index (κ1) is 22.2. The van der Waals surface area contributed by atoms with Gasteiger partial charge in [0.15, 0.2) is 0 Å². The van der Waals surface area contributed by atoms with Gasteiger partial charge in [-0.25, -0.2) is 12.8 Å². The highest BCUT2D eigenvalue weighted by molar-refractivity contribution is 7.92. The van der Waals surface area contributed by atoms with Crippen LogP contribution >= 0.6 is 0 Å². The third kappa shape index (κ3) is 4.90. The molecule has 4 aromatic rings. The smallest absolute Gasteiger partial charge is 0.261 e. The molecule has 0 aliphatic carbocycles. The Morgan fingerprint density at radius 2 is 1.73 bits per heavy atom. The fourth-order valence-corrected chi connectivity index (χ4v) is 4.41. The van der Waals surface area contributed by atoms with Crippen LogP contribution in [0.1, 0.15) is 28.9 Å². The zero-order chi connectivity index (χ0) is 23.6. The van der Waals surface area contributed by atoms with Gasteiger partial charge in [-0.1, -0.05) is 0 Å². The van der Waals surface area contributed by atoms with E-state index in [9.17, 15) is 22.4 Å². The number of aromatic amines is 1. The number of hydrogen-bond acceptors (Lipinski definition) is 5. The van der Waals surface area contributed by atoms with Crippen molar-refractivity contribution < 1.29 is 17.6 Å². The van der Waals surface area contributed by atoms with Crippen molar-refractivity contribution in [2.24, 2.45) is 0 Å². The second kappa shape index (κ2) is 8.83. The van der Waals surface area contributed by atoms with Crippen LogP contribution in [0.3, 0.4) is 0 Å². The fraction of sp³-hybridized carbons (Fsp3) is 0.0870. The highest BCUT2D eigenvalue weighted by Crippen LogP contribution is 2.23. The molecule has 8 nitrogen and oxygen atoms in total. The maximum atomic E-state index is 13.1. The predicted octanol–water partition coefficient (Wildman–Crippen LogP) is 3.35. The van der Waals surface area contributed by atoms with Gasteiger partial charge in [-0.2, -0.15) is 0 Å². The lowest BCUT2D eigenvalue weighted by Gasteiger charge is -2.15. The third-order valence-corrected chi connectivity index (χ3v) is 6.40. The first-order valence-electron chi connectivity index (χ1n) is 9.89. The summed E-state index contributed by atoms with van der Waals surface area (Å²) in [7, 11) is -4.04. The van der Waals surface area contributed by atoms with Gasteiger partial charge in [-0.05, 0) is 67.1 Å². The minimum atomic E-state index is -4.04. The highest BCUT2D eigenvalue weighted by atomic mass is 32.2. The number of sulfonamides is 1. The number of fused-ring (bicyclic) bond motifs is 1. The average molecular weight is 466 g/mol. The topological polar surface area (TPSA) is 121 Å². The van der Waals surface area contributed by atoms with Crippen LogP contribution in [0, 0.1) is 5.82 Å². The van der Waals surface area contributed by atoms with Gasteiger partial charge in [0, 0.05) is 35.1 Å². The average Bonchev–Trinajstić information content (AvgIpc) is 2.80. The normalized spacial score (nSPS) is 12.3. The molecule has 168 valence electrons. The first-order chi connectivity index (χ1) is 15.7. The summed E-state index contributed by atoms with van der Waals surface area (Å²) >= 11 is 0. The summed E-state index contributed by atoms with van der Waals surface area (Å²) in [6.45, 7) is 1.78. The number of carbonyl (C=O) groups excluding carboxylic acids is 1. The summed E-state index contributed by atoms with van der Waals surface area (Å²) in [5.41, 5.74) is 0.851. The molecule has 0 bridgehead atoms. The molecule has 0 saturated carbocycles. The summed E-state index contributed by atoms with van der Waals surface area (Å²) in [5, 5.41) is 3.08. The van der Waals surface area contributed by atoms with Gasteiger partial charge in [0.2, 0.25) is 5.56 Å². The number of nitrogens with zero attached hydrogens (tertiary/aromatic N) is 1. The SMILES string of the molecule is C[C@H](NC(=O)c1cc(=O)[nH]c2ccc(S(=O)(=O)Nc3ccc(F)cc3)cc12)c1ccncc1. The molecular weight excluding hydrogens is 447 g/mol. The summed E-state index contributed by atoms with van der Waals surface area (Å²) in [6, 6.07) is 13.2. The summed E-state index contributed by atoms with van der Waals surface area (Å²) < 4.78 is 41.2. The number of carbonyl (C=O) groups is 1. The van der Waals surface area contributed by atoms with E-state index in [0.717, 1.165) is 23.8 Å². The number of aromatic nitrogens is 2. The van der Waals surface area contributed by atoms with Crippen molar-refractivity contribution in [1.29, 1.82) is 0 Å². The molecule has 0 saturated heterocycles. The first-order valence-corrected chi connectivity index (χ1v) is 11.4. The van der Waals surface area contributed by atoms with Crippen molar-refractivity contribution in [3.05, 3.63) is 100 Å². The molecule has 4 rings (SSSR count). The zero-order valence-electron chi connectivity index (χ0n) is 17.4. The van der Waals surface area contributed by atoms with Gasteiger partial charge in [0.05, 0.1) is 16.5 Å². The van der Waals surface area contributed by atoms with E-state index in [-0.39, 0.29) is 27.6 Å². The number of H-pyrrole nitrogens is 1. The Kier molecular flexibility index (Phi) is 5.93. The molecule has 0 spiro atoms. The standard InChI is InChI=1S/C23H19FN4O4S/c1-14(15-8-10-25-11-9-15)26-23(30)20-13-22(29)27-21-7-6-18(12-19(20)21)33(31,32)28-17-4-2-16(24)3-5-17/h2-14,28H,1H3,(H,26,30)(H,27,29)/t14-/m0/s1. The summed E-state index contributed by atoms with van der Waals surface area (Å²) in [4.78, 5) is 31.5. The Labute approximate surface area is 188 Å². The molecule has 0 aliphatic heterocycles. The Bertz CT molecular complexity index is 1490. The molecule has 0 aliphatic rings. The quantitative estimate of drug-likeness (QED) is 0.402. The molecule has 0 radical (unpaired) electrons. The molecule has 3 N–H and O–H groups in total. The van der Waals surface area contributed by atoms with Crippen molar-refractivity contribution in [2.75, 3.05) is 4.72 Å². The van der Waals surface area contributed by atoms with E-state index in [4.69, 9.17) is 0 Å². The number of benzene rings is 2. The molecule has 10 heteroatoms. The lowest BCUT2D eigenvalue weighted by atomic mass is 10.1. The van der Waals surface area contributed by atoms with E-state index in [2.05, 4.69) is 20.0 Å². The van der Waals surface area contributed by atoms with Crippen LogP contribution in [-0.2, 0) is 10.0 Å². The fourth-order valence-electron chi connectivity index (χ4n) is 3.33. The maximum Gasteiger partial charge on any atom is 0.261 e. The van der Waals surface area contributed by atoms with Crippen LogP contribution < -0.4 is 15.6 Å². The summed E-state index contributed by atoms with van der Waals surface area (Å²) in [6.07, 6.45) is 3.21. The van der Waals surface area contributed by atoms with Gasteiger partial charge in [0.25, 0.3) is 15.9 Å². The minimum Gasteiger partial charge on any atom is -0.345 e. The number of pyridine rings is 2. The van der Waals surface area contributed by atoms with Crippen molar-refractivity contribution in [2.45, 2.75) is 17.9 Å². The van der Waals surface area contributed by atoms with Crippen molar-refractivity contribution in [3.8, 4) is 0 Å². The van der Waals surface area contributed by atoms with Crippen molar-refractivity contribution in [3.63, 3.8) is 0 Å². The number of nitrogens with one attached hydrogen (secondary N) is 3. The lowest BCUT2D eigenvalue weighted by Crippen LogP contribution is -2.28. The molecule has 2 heterocycles. The second-order valence-corrected chi connectivity index (χ2v) is 9.03. The molecule has 0 unspecified atom stereocenters. The van der Waals surface area contributed by atoms with Gasteiger partial charge in [-0.3, -0.25) is 19.3 Å². The number of rotatable bonds is 6. The lowest BCUT2D eigenvalue weighted by molar-refractivity contribution is 0.0941. The Hall–Kier alpha value is -4.05. The number of anilines is 1. The molecule has 33 heavy (non-hydrogen) atoms. The Morgan fingerprint density at radius 3 is 2.42 bits per heavy atom. The van der Waals surface area contributed by atoms with E-state index < -0.39 is 27.3 Å². The van der Waals surface area contributed by atoms with Crippen LogP contribution in [0.2, 0.25) is 0 Å². The molecule has 1 amide bonds. The Balaban J connectivity index is 1.70. The number of amides is 1. The summed E-state index contributed by atoms with van der Waals surface area (Å²) in [5.74, 6) is -1.03. The largest absolute Gasteiger partial charge is 0.345 e. The predicted molar refractivity (Wildman–Crippen MR) is 122 cm³/mol. The van der Waals surface area contributed by atoms with Crippen LogP contribution in [0.5, 0.6) is 0 Å². The van der Waals surface area contributed by atoms with E-state index in [1.54, 1.807) is 31.5 Å². The van der Waals surface area contributed by atoms with Gasteiger partial charge in [0.1, 0.15) is 5.82 Å². The van der Waals surface area contributed by atoms with E-state index in [1.165, 1.54) is 30.3 Å². The highest BCUT2D eigenvalue weighted by Gasteiger charge is 2.19. The minimum absolute atomic E-state index is 0.0356. The van der Waals surface area contributed by atoms with Crippen LogP contribution in [0.25, 0.3) is 10.9 Å². The molecule has 2 aromatic heterocycles. The number of halogens is 1. The second-order valence-electron chi connectivity index (χ2n) is 7.34. The van der Waals surface area contributed by atoms with Crippen molar-refractivity contribution in [1.82, 2.24) is 15.3 Å². The maximum absolute atomic E-state index is 13.1. The molecule has 1 atom stereocenters. The molecular formula is C23H19FN4O4S. The van der Waals surface area contributed by atoms with E-state index >= 15 is 0 Å². The van der Waals surface area contributed by atoms with E-state index in [1.807, 2.05) is 0 Å². The van der Waals surface area contributed by atoms with Gasteiger partial charge in [-0.15, -0.1) is 0 Å². The van der Waals surface area contributed by atoms with E-state index in [0.29, 0.717) is 5.52 Å². The van der Waals surface area contributed by atoms with Crippen LogP contribution in [-0.4, -0.2) is 24.3 Å². The van der Waals surface area contributed by atoms with Crippen LogP contribution in [0.15, 0.2) is 82.7 Å².